The summed E-state index contributed by atoms with van der Waals surface area (Å²) in [4.78, 5) is 8.01. The molecular weight excluding hydrogens is 222 g/mol. The molecule has 0 aliphatic heterocycles. The molecule has 0 saturated heterocycles. The Balaban J connectivity index is 2.16. The van der Waals surface area contributed by atoms with Crippen LogP contribution in [-0.4, -0.2) is 9.97 Å². The molecule has 3 nitrogen and oxygen atoms in total. The van der Waals surface area contributed by atoms with E-state index in [1.165, 1.54) is 5.56 Å². The molecule has 0 unspecified atom stereocenters. The minimum Gasteiger partial charge on any atom is -0.338 e. The molecule has 0 bridgehead atoms. The van der Waals surface area contributed by atoms with Crippen molar-refractivity contribution < 1.29 is 0 Å². The smallest absolute Gasteiger partial charge is 0.138 e. The molecule has 3 N–H and O–H groups in total. The van der Waals surface area contributed by atoms with Gasteiger partial charge in [-0.15, -0.1) is 0 Å². The summed E-state index contributed by atoms with van der Waals surface area (Å²) in [6, 6.07) is 14.3. The maximum absolute atomic E-state index is 5.67. The standard InChI is InChI=1S/C15H15N3/c1-10-4-2-7-13-14(10)18-15(17-13)12-6-3-5-11(8-12)9-16/h2-8H,9,16H2,1H3,(H,17,18). The molecule has 2 aromatic carbocycles. The number of benzene rings is 2. The van der Waals surface area contributed by atoms with Crippen LogP contribution in [0.15, 0.2) is 42.5 Å². The maximum Gasteiger partial charge on any atom is 0.138 e. The number of H-pyrrole nitrogens is 1. The van der Waals surface area contributed by atoms with Gasteiger partial charge in [-0.1, -0.05) is 30.3 Å². The number of rotatable bonds is 2. The molecule has 0 aliphatic carbocycles. The van der Waals surface area contributed by atoms with Crippen LogP contribution in [0, 0.1) is 6.92 Å². The lowest BCUT2D eigenvalue weighted by molar-refractivity contribution is 1.07. The zero-order chi connectivity index (χ0) is 12.5. The summed E-state index contributed by atoms with van der Waals surface area (Å²) in [6.45, 7) is 2.62. The van der Waals surface area contributed by atoms with Gasteiger partial charge in [0.05, 0.1) is 11.0 Å². The lowest BCUT2D eigenvalue weighted by Gasteiger charge is -1.99. The number of aryl methyl sites for hydroxylation is 1. The number of hydrogen-bond donors (Lipinski definition) is 2. The Kier molecular flexibility index (Phi) is 2.61. The second kappa shape index (κ2) is 4.27. The Morgan fingerprint density at radius 3 is 2.78 bits per heavy atom. The van der Waals surface area contributed by atoms with Gasteiger partial charge in [0, 0.05) is 12.1 Å². The van der Waals surface area contributed by atoms with E-state index in [9.17, 15) is 0 Å². The third-order valence-electron chi connectivity index (χ3n) is 3.15. The second-order valence-electron chi connectivity index (χ2n) is 4.46. The molecule has 0 radical (unpaired) electrons. The van der Waals surface area contributed by atoms with Gasteiger partial charge >= 0.3 is 0 Å². The molecule has 0 saturated carbocycles. The average molecular weight is 237 g/mol. The Bertz CT molecular complexity index is 698. The Hall–Kier alpha value is -2.13. The molecule has 3 aromatic rings. The highest BCUT2D eigenvalue weighted by atomic mass is 14.9. The number of nitrogens with one attached hydrogen (secondary N) is 1. The molecule has 0 fully saturated rings. The zero-order valence-corrected chi connectivity index (χ0v) is 10.3. The van der Waals surface area contributed by atoms with Crippen molar-refractivity contribution in [3.8, 4) is 11.4 Å². The van der Waals surface area contributed by atoms with E-state index in [1.54, 1.807) is 0 Å². The summed E-state index contributed by atoms with van der Waals surface area (Å²) >= 11 is 0. The van der Waals surface area contributed by atoms with Crippen LogP contribution in [-0.2, 0) is 6.54 Å². The van der Waals surface area contributed by atoms with Crippen LogP contribution in [0.25, 0.3) is 22.4 Å². The number of nitrogens with two attached hydrogens (primary N) is 1. The number of fused-ring (bicyclic) bond motifs is 1. The van der Waals surface area contributed by atoms with Crippen molar-refractivity contribution in [1.82, 2.24) is 9.97 Å². The number of aromatic nitrogens is 2. The van der Waals surface area contributed by atoms with Crippen LogP contribution in [0.1, 0.15) is 11.1 Å². The van der Waals surface area contributed by atoms with Gasteiger partial charge in [-0.05, 0) is 30.2 Å². The first-order chi connectivity index (χ1) is 8.78. The molecule has 90 valence electrons. The van der Waals surface area contributed by atoms with Crippen molar-refractivity contribution in [2.75, 3.05) is 0 Å². The van der Waals surface area contributed by atoms with E-state index in [1.807, 2.05) is 30.3 Å². The number of hydrogen-bond acceptors (Lipinski definition) is 2. The van der Waals surface area contributed by atoms with Gasteiger partial charge in [-0.25, -0.2) is 4.98 Å². The monoisotopic (exact) mass is 237 g/mol. The van der Waals surface area contributed by atoms with Gasteiger partial charge in [0.2, 0.25) is 0 Å². The SMILES string of the molecule is Cc1cccc2[nH]c(-c3cccc(CN)c3)nc12. The number of para-hydroxylation sites is 1. The molecule has 0 amide bonds. The first-order valence-electron chi connectivity index (χ1n) is 6.02. The van der Waals surface area contributed by atoms with Crippen LogP contribution in [0.3, 0.4) is 0 Å². The quantitative estimate of drug-likeness (QED) is 0.720. The topological polar surface area (TPSA) is 54.7 Å². The van der Waals surface area contributed by atoms with Gasteiger partial charge in [0.25, 0.3) is 0 Å². The molecule has 3 rings (SSSR count). The predicted octanol–water partition coefficient (Wildman–Crippen LogP) is 3.00. The maximum atomic E-state index is 5.67. The summed E-state index contributed by atoms with van der Waals surface area (Å²) < 4.78 is 0. The fraction of sp³-hybridized carbons (Fsp3) is 0.133. The van der Waals surface area contributed by atoms with Crippen LogP contribution in [0.2, 0.25) is 0 Å². The molecule has 1 aromatic heterocycles. The van der Waals surface area contributed by atoms with Crippen molar-refractivity contribution in [3.63, 3.8) is 0 Å². The van der Waals surface area contributed by atoms with Gasteiger partial charge in [-0.2, -0.15) is 0 Å². The van der Waals surface area contributed by atoms with Crippen molar-refractivity contribution >= 4 is 11.0 Å². The summed E-state index contributed by atoms with van der Waals surface area (Å²) in [7, 11) is 0. The van der Waals surface area contributed by atoms with Gasteiger partial charge in [-0.3, -0.25) is 0 Å². The van der Waals surface area contributed by atoms with Crippen molar-refractivity contribution in [1.29, 1.82) is 0 Å². The highest BCUT2D eigenvalue weighted by Crippen LogP contribution is 2.23. The Labute approximate surface area is 106 Å². The first kappa shape index (κ1) is 11.0. The van der Waals surface area contributed by atoms with E-state index in [2.05, 4.69) is 29.0 Å². The van der Waals surface area contributed by atoms with E-state index in [-0.39, 0.29) is 0 Å². The summed E-state index contributed by atoms with van der Waals surface area (Å²) in [5.41, 5.74) is 11.1. The third-order valence-corrected chi connectivity index (χ3v) is 3.15. The molecule has 0 spiro atoms. The third kappa shape index (κ3) is 1.79. The van der Waals surface area contributed by atoms with Crippen molar-refractivity contribution in [2.24, 2.45) is 5.73 Å². The fourth-order valence-corrected chi connectivity index (χ4v) is 2.16. The molecule has 0 aliphatic rings. The highest BCUT2D eigenvalue weighted by Gasteiger charge is 2.06. The number of nitrogens with zero attached hydrogens (tertiary/aromatic N) is 1. The van der Waals surface area contributed by atoms with Crippen LogP contribution >= 0.6 is 0 Å². The van der Waals surface area contributed by atoms with E-state index in [0.717, 1.165) is 28.0 Å². The highest BCUT2D eigenvalue weighted by molar-refractivity contribution is 5.82. The zero-order valence-electron chi connectivity index (χ0n) is 10.3. The predicted molar refractivity (Wildman–Crippen MR) is 74.2 cm³/mol. The molecule has 18 heavy (non-hydrogen) atoms. The van der Waals surface area contributed by atoms with Crippen molar-refractivity contribution in [2.45, 2.75) is 13.5 Å². The van der Waals surface area contributed by atoms with E-state index in [0.29, 0.717) is 6.54 Å². The van der Waals surface area contributed by atoms with Gasteiger partial charge < -0.3 is 10.7 Å². The molecule has 1 heterocycles. The second-order valence-corrected chi connectivity index (χ2v) is 4.46. The van der Waals surface area contributed by atoms with Crippen LogP contribution in [0.5, 0.6) is 0 Å². The number of aromatic amines is 1. The minimum absolute atomic E-state index is 0.549. The number of imidazole rings is 1. The normalized spacial score (nSPS) is 11.0. The van der Waals surface area contributed by atoms with Crippen molar-refractivity contribution in [3.05, 3.63) is 53.6 Å². The van der Waals surface area contributed by atoms with E-state index < -0.39 is 0 Å². The summed E-state index contributed by atoms with van der Waals surface area (Å²) in [6.07, 6.45) is 0. The summed E-state index contributed by atoms with van der Waals surface area (Å²) in [5.74, 6) is 0.898. The molecule has 0 atom stereocenters. The lowest BCUT2D eigenvalue weighted by Crippen LogP contribution is -1.95. The largest absolute Gasteiger partial charge is 0.338 e. The molecular formula is C15H15N3. The Morgan fingerprint density at radius 2 is 2.00 bits per heavy atom. The molecule has 3 heteroatoms. The van der Waals surface area contributed by atoms with Gasteiger partial charge in [0.15, 0.2) is 0 Å². The summed E-state index contributed by atoms with van der Waals surface area (Å²) in [5, 5.41) is 0. The lowest BCUT2D eigenvalue weighted by atomic mass is 10.1. The first-order valence-corrected chi connectivity index (χ1v) is 6.02. The van der Waals surface area contributed by atoms with E-state index >= 15 is 0 Å². The average Bonchev–Trinajstić information content (AvgIpc) is 2.84. The fourth-order valence-electron chi connectivity index (χ4n) is 2.16. The minimum atomic E-state index is 0.549. The van der Waals surface area contributed by atoms with Crippen LogP contribution < -0.4 is 5.73 Å². The Morgan fingerprint density at radius 1 is 1.17 bits per heavy atom. The van der Waals surface area contributed by atoms with Crippen LogP contribution in [0.4, 0.5) is 0 Å². The van der Waals surface area contributed by atoms with Gasteiger partial charge in [0.1, 0.15) is 5.82 Å². The van der Waals surface area contributed by atoms with E-state index in [4.69, 9.17) is 5.73 Å².